The fraction of sp³-hybridized carbons (Fsp3) is 0.429. The Bertz CT molecular complexity index is 801. The van der Waals surface area contributed by atoms with Gasteiger partial charge < -0.3 is 10.0 Å². The van der Waals surface area contributed by atoms with Gasteiger partial charge in [-0.15, -0.1) is 23.1 Å². The minimum absolute atomic E-state index is 0.135. The van der Waals surface area contributed by atoms with Crippen LogP contribution in [0.15, 0.2) is 22.4 Å². The van der Waals surface area contributed by atoms with Crippen LogP contribution in [-0.2, 0) is 15.3 Å². The highest BCUT2D eigenvalue weighted by Crippen LogP contribution is 2.20. The summed E-state index contributed by atoms with van der Waals surface area (Å²) in [5, 5.41) is 10.9. The van der Waals surface area contributed by atoms with E-state index < -0.39 is 12.0 Å². The number of amides is 1. The number of thioether (sulfide) groups is 1. The Balaban J connectivity index is 1.59. The van der Waals surface area contributed by atoms with Gasteiger partial charge in [-0.3, -0.25) is 14.0 Å². The summed E-state index contributed by atoms with van der Waals surface area (Å²) < 4.78 is 1.48. The first-order valence-electron chi connectivity index (χ1n) is 7.12. The molecule has 2 aromatic heterocycles. The molecule has 1 amide bonds. The zero-order valence-electron chi connectivity index (χ0n) is 12.2. The third kappa shape index (κ3) is 3.40. The number of carbonyl (C=O) groups excluding carboxylic acids is 1. The van der Waals surface area contributed by atoms with Crippen molar-refractivity contribution in [2.24, 2.45) is 0 Å². The lowest BCUT2D eigenvalue weighted by atomic mass is 10.2. The predicted octanol–water partition coefficient (Wildman–Crippen LogP) is 1.06. The van der Waals surface area contributed by atoms with Crippen molar-refractivity contribution < 1.29 is 14.7 Å². The summed E-state index contributed by atoms with van der Waals surface area (Å²) in [5.41, 5.74) is 0.495. The molecule has 0 spiro atoms. The number of fused-ring (bicyclic) bond motifs is 1. The number of carboxylic acid groups (broad SMARTS) is 1. The molecule has 122 valence electrons. The molecule has 1 atom stereocenters. The number of aliphatic carboxylic acids is 1. The van der Waals surface area contributed by atoms with Crippen LogP contribution in [0.5, 0.6) is 0 Å². The van der Waals surface area contributed by atoms with Crippen LogP contribution in [0.3, 0.4) is 0 Å². The van der Waals surface area contributed by atoms with Gasteiger partial charge in [0.1, 0.15) is 6.04 Å². The normalized spacial score (nSPS) is 17.7. The second-order valence-electron chi connectivity index (χ2n) is 5.22. The standard InChI is InChI=1S/C14H15N3O4S2/c18-11-6-9(15-14-17(11)4-5-23-14)7-22-8-12(19)16-3-1-2-10(16)13(20)21/h4-6,10H,1-3,7-8H2,(H,20,21)/t10-/m1/s1. The smallest absolute Gasteiger partial charge is 0.326 e. The monoisotopic (exact) mass is 353 g/mol. The Morgan fingerprint density at radius 1 is 1.48 bits per heavy atom. The number of hydrogen-bond donors (Lipinski definition) is 1. The average molecular weight is 353 g/mol. The van der Waals surface area contributed by atoms with E-state index in [1.165, 1.54) is 38.5 Å². The summed E-state index contributed by atoms with van der Waals surface area (Å²) in [7, 11) is 0. The Hall–Kier alpha value is -1.87. The van der Waals surface area contributed by atoms with Crippen molar-refractivity contribution in [2.45, 2.75) is 24.6 Å². The molecule has 3 heterocycles. The quantitative estimate of drug-likeness (QED) is 0.864. The van der Waals surface area contributed by atoms with E-state index in [2.05, 4.69) is 4.98 Å². The molecule has 1 aliphatic heterocycles. The molecule has 0 aliphatic carbocycles. The minimum atomic E-state index is -0.946. The van der Waals surface area contributed by atoms with Crippen LogP contribution in [0, 0.1) is 0 Å². The molecule has 0 aromatic carbocycles. The summed E-state index contributed by atoms with van der Waals surface area (Å²) in [6.45, 7) is 0.497. The first-order chi connectivity index (χ1) is 11.1. The third-order valence-corrected chi connectivity index (χ3v) is 5.40. The molecule has 2 aromatic rings. The summed E-state index contributed by atoms with van der Waals surface area (Å²) in [4.78, 5) is 41.5. The van der Waals surface area contributed by atoms with Crippen molar-refractivity contribution in [3.8, 4) is 0 Å². The van der Waals surface area contributed by atoms with Crippen LogP contribution in [0.25, 0.3) is 4.96 Å². The van der Waals surface area contributed by atoms with Crippen LogP contribution < -0.4 is 5.56 Å². The van der Waals surface area contributed by atoms with E-state index >= 15 is 0 Å². The number of carbonyl (C=O) groups is 2. The van der Waals surface area contributed by atoms with E-state index in [1.54, 1.807) is 11.6 Å². The van der Waals surface area contributed by atoms with E-state index in [9.17, 15) is 14.4 Å². The molecule has 23 heavy (non-hydrogen) atoms. The van der Waals surface area contributed by atoms with Gasteiger partial charge in [-0.2, -0.15) is 0 Å². The van der Waals surface area contributed by atoms with Crippen LogP contribution in [0.4, 0.5) is 0 Å². The molecule has 1 saturated heterocycles. The SMILES string of the molecule is O=C(O)[C@H]1CCCN1C(=O)CSCc1cc(=O)n2ccsc2n1. The highest BCUT2D eigenvalue weighted by Gasteiger charge is 2.33. The number of nitrogens with zero attached hydrogens (tertiary/aromatic N) is 3. The van der Waals surface area contributed by atoms with Crippen LogP contribution in [0.2, 0.25) is 0 Å². The zero-order valence-corrected chi connectivity index (χ0v) is 13.8. The molecule has 9 heteroatoms. The second kappa shape index (κ2) is 6.71. The van der Waals surface area contributed by atoms with Crippen molar-refractivity contribution in [1.82, 2.24) is 14.3 Å². The lowest BCUT2D eigenvalue weighted by Crippen LogP contribution is -2.41. The van der Waals surface area contributed by atoms with Crippen molar-refractivity contribution >= 4 is 39.9 Å². The van der Waals surface area contributed by atoms with Crippen molar-refractivity contribution in [3.63, 3.8) is 0 Å². The Morgan fingerprint density at radius 2 is 2.30 bits per heavy atom. The number of aromatic nitrogens is 2. The van der Waals surface area contributed by atoms with Gasteiger partial charge >= 0.3 is 5.97 Å². The fourth-order valence-corrected chi connectivity index (χ4v) is 4.15. The first-order valence-corrected chi connectivity index (χ1v) is 9.15. The van der Waals surface area contributed by atoms with E-state index in [0.717, 1.165) is 6.42 Å². The van der Waals surface area contributed by atoms with Gasteiger partial charge in [0.15, 0.2) is 4.96 Å². The van der Waals surface area contributed by atoms with E-state index in [1.807, 2.05) is 0 Å². The molecule has 1 fully saturated rings. The second-order valence-corrected chi connectivity index (χ2v) is 7.08. The first kappa shape index (κ1) is 16.0. The van der Waals surface area contributed by atoms with Gasteiger partial charge in [0, 0.05) is 29.9 Å². The molecule has 0 bridgehead atoms. The summed E-state index contributed by atoms with van der Waals surface area (Å²) >= 11 is 2.73. The Kier molecular flexibility index (Phi) is 4.67. The van der Waals surface area contributed by atoms with Gasteiger partial charge in [0.25, 0.3) is 5.56 Å². The molecule has 0 saturated carbocycles. The highest BCUT2D eigenvalue weighted by atomic mass is 32.2. The molecule has 3 rings (SSSR count). The van der Waals surface area contributed by atoms with E-state index in [-0.39, 0.29) is 17.2 Å². The molecule has 1 aliphatic rings. The highest BCUT2D eigenvalue weighted by molar-refractivity contribution is 7.99. The van der Waals surface area contributed by atoms with E-state index in [4.69, 9.17) is 5.11 Å². The Morgan fingerprint density at radius 3 is 3.09 bits per heavy atom. The minimum Gasteiger partial charge on any atom is -0.480 e. The number of hydrogen-bond acceptors (Lipinski definition) is 6. The van der Waals surface area contributed by atoms with Gasteiger partial charge in [0.2, 0.25) is 5.91 Å². The lowest BCUT2D eigenvalue weighted by Gasteiger charge is -2.21. The molecule has 7 nitrogen and oxygen atoms in total. The van der Waals surface area contributed by atoms with Crippen LogP contribution in [-0.4, -0.2) is 49.6 Å². The molecular weight excluding hydrogens is 338 g/mol. The molecule has 1 N–H and O–H groups in total. The average Bonchev–Trinajstić information content (AvgIpc) is 3.16. The van der Waals surface area contributed by atoms with Crippen LogP contribution >= 0.6 is 23.1 Å². The predicted molar refractivity (Wildman–Crippen MR) is 87.9 cm³/mol. The summed E-state index contributed by atoms with van der Waals surface area (Å²) in [5.74, 6) is -0.483. The van der Waals surface area contributed by atoms with Crippen molar-refractivity contribution in [1.29, 1.82) is 0 Å². The van der Waals surface area contributed by atoms with Gasteiger partial charge in [-0.1, -0.05) is 0 Å². The Labute approximate surface area is 139 Å². The van der Waals surface area contributed by atoms with E-state index in [0.29, 0.717) is 29.4 Å². The van der Waals surface area contributed by atoms with Gasteiger partial charge in [-0.25, -0.2) is 9.78 Å². The number of thiazole rings is 1. The molecule has 0 unspecified atom stereocenters. The summed E-state index contributed by atoms with van der Waals surface area (Å²) in [6, 6.07) is 0.765. The maximum absolute atomic E-state index is 12.1. The third-order valence-electron chi connectivity index (χ3n) is 3.69. The van der Waals surface area contributed by atoms with Crippen molar-refractivity contribution in [2.75, 3.05) is 12.3 Å². The maximum atomic E-state index is 12.1. The maximum Gasteiger partial charge on any atom is 0.326 e. The van der Waals surface area contributed by atoms with Crippen LogP contribution in [0.1, 0.15) is 18.5 Å². The summed E-state index contributed by atoms with van der Waals surface area (Å²) in [6.07, 6.45) is 2.91. The number of rotatable bonds is 5. The molecule has 0 radical (unpaired) electrons. The number of likely N-dealkylation sites (tertiary alicyclic amines) is 1. The number of carboxylic acids is 1. The van der Waals surface area contributed by atoms with Gasteiger partial charge in [0.05, 0.1) is 11.4 Å². The zero-order chi connectivity index (χ0) is 16.4. The van der Waals surface area contributed by atoms with Gasteiger partial charge in [-0.05, 0) is 12.8 Å². The largest absolute Gasteiger partial charge is 0.480 e. The van der Waals surface area contributed by atoms with Crippen molar-refractivity contribution in [3.05, 3.63) is 33.7 Å². The fourth-order valence-electron chi connectivity index (χ4n) is 2.61. The molecular formula is C14H15N3O4S2. The lowest BCUT2D eigenvalue weighted by molar-refractivity contribution is -0.147. The topological polar surface area (TPSA) is 92.0 Å².